The first-order chi connectivity index (χ1) is 14.7. The molecule has 1 N–H and O–H groups in total. The first-order valence-corrected chi connectivity index (χ1v) is 9.57. The molecule has 0 radical (unpaired) electrons. The maximum absolute atomic E-state index is 13.0. The minimum Gasteiger partial charge on any atom is -0.497 e. The van der Waals surface area contributed by atoms with E-state index in [4.69, 9.17) is 16.3 Å². The number of nitrogens with zero attached hydrogens (tertiary/aromatic N) is 4. The molecule has 30 heavy (non-hydrogen) atoms. The second-order valence-corrected chi connectivity index (χ2v) is 6.83. The Morgan fingerprint density at radius 2 is 1.90 bits per heavy atom. The molecule has 4 aromatic rings. The quantitative estimate of drug-likeness (QED) is 0.512. The molecule has 0 saturated carbocycles. The highest BCUT2D eigenvalue weighted by Gasteiger charge is 2.23. The van der Waals surface area contributed by atoms with Crippen LogP contribution in [0.1, 0.15) is 16.1 Å². The molecule has 0 saturated heterocycles. The number of hydrogen-bond donors (Lipinski definition) is 1. The Hall–Kier alpha value is -3.71. The van der Waals surface area contributed by atoms with Crippen molar-refractivity contribution in [1.82, 2.24) is 25.3 Å². The van der Waals surface area contributed by atoms with Crippen LogP contribution in [0.25, 0.3) is 16.9 Å². The van der Waals surface area contributed by atoms with Crippen molar-refractivity contribution in [3.8, 4) is 22.7 Å². The van der Waals surface area contributed by atoms with Gasteiger partial charge in [0.2, 0.25) is 0 Å². The van der Waals surface area contributed by atoms with Crippen molar-refractivity contribution in [2.75, 3.05) is 7.11 Å². The van der Waals surface area contributed by atoms with Gasteiger partial charge in [0, 0.05) is 24.5 Å². The highest BCUT2D eigenvalue weighted by Crippen LogP contribution is 2.28. The fourth-order valence-electron chi connectivity index (χ4n) is 3.00. The minimum absolute atomic E-state index is 0.191. The van der Waals surface area contributed by atoms with Gasteiger partial charge in [-0.1, -0.05) is 41.1 Å². The molecule has 2 aromatic heterocycles. The van der Waals surface area contributed by atoms with Crippen molar-refractivity contribution >= 4 is 17.5 Å². The maximum Gasteiger partial charge on any atom is 0.274 e. The number of carbonyl (C=O) groups excluding carboxylic acids is 1. The Kier molecular flexibility index (Phi) is 5.72. The van der Waals surface area contributed by atoms with Crippen molar-refractivity contribution in [2.24, 2.45) is 0 Å². The Morgan fingerprint density at radius 1 is 1.10 bits per heavy atom. The average molecular weight is 420 g/mol. The van der Waals surface area contributed by atoms with Gasteiger partial charge in [0.1, 0.15) is 11.4 Å². The van der Waals surface area contributed by atoms with Crippen LogP contribution in [0.5, 0.6) is 5.75 Å². The van der Waals surface area contributed by atoms with Gasteiger partial charge in [0.15, 0.2) is 5.69 Å². The number of methoxy groups -OCH3 is 1. The number of amides is 1. The number of aromatic nitrogens is 4. The molecule has 0 bridgehead atoms. The number of benzene rings is 2. The van der Waals surface area contributed by atoms with Crippen molar-refractivity contribution < 1.29 is 9.53 Å². The van der Waals surface area contributed by atoms with Gasteiger partial charge in [0.05, 0.1) is 17.8 Å². The second-order valence-electron chi connectivity index (χ2n) is 6.42. The molecular weight excluding hydrogens is 402 g/mol. The zero-order valence-corrected chi connectivity index (χ0v) is 16.9. The Labute approximate surface area is 178 Å². The molecule has 0 unspecified atom stereocenters. The van der Waals surface area contributed by atoms with Crippen molar-refractivity contribution in [3.05, 3.63) is 89.3 Å². The summed E-state index contributed by atoms with van der Waals surface area (Å²) in [6.07, 6.45) is 3.32. The van der Waals surface area contributed by atoms with E-state index in [1.807, 2.05) is 48.5 Å². The third-order valence-electron chi connectivity index (χ3n) is 4.51. The van der Waals surface area contributed by atoms with Crippen molar-refractivity contribution in [1.29, 1.82) is 0 Å². The van der Waals surface area contributed by atoms with Crippen LogP contribution in [0.15, 0.2) is 73.1 Å². The van der Waals surface area contributed by atoms with E-state index in [-0.39, 0.29) is 11.6 Å². The molecule has 0 atom stereocenters. The number of rotatable bonds is 6. The van der Waals surface area contributed by atoms with Gasteiger partial charge < -0.3 is 10.1 Å². The van der Waals surface area contributed by atoms with E-state index < -0.39 is 0 Å². The summed E-state index contributed by atoms with van der Waals surface area (Å²) in [5.41, 5.74) is 2.97. The van der Waals surface area contributed by atoms with Crippen LogP contribution in [0, 0.1) is 0 Å². The molecule has 1 amide bonds. The largest absolute Gasteiger partial charge is 0.497 e. The van der Waals surface area contributed by atoms with Gasteiger partial charge in [-0.05, 0) is 42.0 Å². The fraction of sp³-hybridized carbons (Fsp3) is 0.0909. The van der Waals surface area contributed by atoms with Gasteiger partial charge in [-0.2, -0.15) is 0 Å². The van der Waals surface area contributed by atoms with Crippen LogP contribution in [-0.4, -0.2) is 33.0 Å². The van der Waals surface area contributed by atoms with Gasteiger partial charge in [0.25, 0.3) is 5.91 Å². The lowest BCUT2D eigenvalue weighted by molar-refractivity contribution is 0.0946. The monoisotopic (exact) mass is 419 g/mol. The predicted molar refractivity (Wildman–Crippen MR) is 114 cm³/mol. The summed E-state index contributed by atoms with van der Waals surface area (Å²) in [4.78, 5) is 17.1. The molecule has 0 fully saturated rings. The summed E-state index contributed by atoms with van der Waals surface area (Å²) in [6, 6.07) is 18.4. The lowest BCUT2D eigenvalue weighted by Gasteiger charge is -2.10. The Morgan fingerprint density at radius 3 is 2.60 bits per heavy atom. The molecule has 7 nitrogen and oxygen atoms in total. The molecule has 4 rings (SSSR count). The van der Waals surface area contributed by atoms with E-state index in [0.717, 1.165) is 11.3 Å². The number of carbonyl (C=O) groups is 1. The molecule has 2 heterocycles. The fourth-order valence-corrected chi connectivity index (χ4v) is 3.21. The minimum atomic E-state index is -0.344. The third kappa shape index (κ3) is 4.01. The van der Waals surface area contributed by atoms with E-state index in [0.29, 0.717) is 28.5 Å². The number of hydrogen-bond acceptors (Lipinski definition) is 5. The normalized spacial score (nSPS) is 10.6. The smallest absolute Gasteiger partial charge is 0.274 e. The highest BCUT2D eigenvalue weighted by molar-refractivity contribution is 6.32. The molecule has 0 aliphatic rings. The maximum atomic E-state index is 13.0. The van der Waals surface area contributed by atoms with E-state index >= 15 is 0 Å². The number of ether oxygens (including phenoxy) is 1. The van der Waals surface area contributed by atoms with Crippen LogP contribution < -0.4 is 10.1 Å². The Bertz CT molecular complexity index is 1160. The molecule has 2 aromatic carbocycles. The number of para-hydroxylation sites is 1. The lowest BCUT2D eigenvalue weighted by Crippen LogP contribution is -2.24. The Balaban J connectivity index is 1.67. The van der Waals surface area contributed by atoms with E-state index in [1.54, 1.807) is 36.3 Å². The summed E-state index contributed by atoms with van der Waals surface area (Å²) in [7, 11) is 1.61. The van der Waals surface area contributed by atoms with Crippen LogP contribution >= 0.6 is 11.6 Å². The number of nitrogens with one attached hydrogen (secondary N) is 1. The van der Waals surface area contributed by atoms with Crippen LogP contribution in [-0.2, 0) is 6.54 Å². The summed E-state index contributed by atoms with van der Waals surface area (Å²) >= 11 is 6.36. The topological polar surface area (TPSA) is 81.9 Å². The van der Waals surface area contributed by atoms with Crippen molar-refractivity contribution in [3.63, 3.8) is 0 Å². The predicted octanol–water partition coefficient (Wildman–Crippen LogP) is 3.92. The average Bonchev–Trinajstić information content (AvgIpc) is 3.24. The standard InChI is InChI=1S/C22H18ClN5O2/c1-30-17-10-8-15(9-11-17)13-25-22(29)20-21(16-5-4-12-24-14-16)28(27-26-20)19-7-3-2-6-18(19)23/h2-12,14H,13H2,1H3,(H,25,29). The van der Waals surface area contributed by atoms with E-state index in [2.05, 4.69) is 20.6 Å². The first-order valence-electron chi connectivity index (χ1n) is 9.19. The van der Waals surface area contributed by atoms with E-state index in [9.17, 15) is 4.79 Å². The number of pyridine rings is 1. The van der Waals surface area contributed by atoms with Gasteiger partial charge in [-0.15, -0.1) is 5.10 Å². The van der Waals surface area contributed by atoms with Crippen LogP contribution in [0.3, 0.4) is 0 Å². The molecule has 150 valence electrons. The summed E-state index contributed by atoms with van der Waals surface area (Å²) in [5, 5.41) is 11.7. The molecule has 0 aliphatic heterocycles. The zero-order valence-electron chi connectivity index (χ0n) is 16.1. The van der Waals surface area contributed by atoms with Gasteiger partial charge in [-0.3, -0.25) is 9.78 Å². The van der Waals surface area contributed by atoms with Crippen LogP contribution in [0.4, 0.5) is 0 Å². The summed E-state index contributed by atoms with van der Waals surface area (Å²) in [5.74, 6) is 0.412. The van der Waals surface area contributed by atoms with Crippen LogP contribution in [0.2, 0.25) is 5.02 Å². The summed E-state index contributed by atoms with van der Waals surface area (Å²) < 4.78 is 6.72. The zero-order chi connectivity index (χ0) is 20.9. The van der Waals surface area contributed by atoms with E-state index in [1.165, 1.54) is 0 Å². The van der Waals surface area contributed by atoms with Crippen molar-refractivity contribution in [2.45, 2.75) is 6.54 Å². The first kappa shape index (κ1) is 19.6. The molecule has 0 spiro atoms. The highest BCUT2D eigenvalue weighted by atomic mass is 35.5. The summed E-state index contributed by atoms with van der Waals surface area (Å²) in [6.45, 7) is 0.342. The third-order valence-corrected chi connectivity index (χ3v) is 4.83. The SMILES string of the molecule is COc1ccc(CNC(=O)c2nnn(-c3ccccc3Cl)c2-c2cccnc2)cc1. The molecule has 0 aliphatic carbocycles. The molecule has 8 heteroatoms. The molecular formula is C22H18ClN5O2. The number of halogens is 1. The lowest BCUT2D eigenvalue weighted by atomic mass is 10.1. The second kappa shape index (κ2) is 8.75. The van der Waals surface area contributed by atoms with Gasteiger partial charge >= 0.3 is 0 Å². The van der Waals surface area contributed by atoms with Gasteiger partial charge in [-0.25, -0.2) is 4.68 Å².